The maximum Gasteiger partial charge on any atom is 0.253 e. The number of aliphatic imine (C=N–C) groups is 1. The fourth-order valence-corrected chi connectivity index (χ4v) is 3.76. The number of piperazine rings is 1. The van der Waals surface area contributed by atoms with E-state index in [1.807, 2.05) is 49.4 Å². The summed E-state index contributed by atoms with van der Waals surface area (Å²) >= 11 is 5.99. The van der Waals surface area contributed by atoms with E-state index >= 15 is 0 Å². The van der Waals surface area contributed by atoms with Gasteiger partial charge in [-0.25, -0.2) is 4.99 Å². The van der Waals surface area contributed by atoms with Gasteiger partial charge in [-0.15, -0.1) is 0 Å². The van der Waals surface area contributed by atoms with Crippen LogP contribution in [0.15, 0.2) is 72.3 Å². The number of nitrogens with zero attached hydrogens (tertiary/aromatic N) is 3. The Balaban J connectivity index is 1.59. The number of rotatable bonds is 8. The topological polar surface area (TPSA) is 86.3 Å². The van der Waals surface area contributed by atoms with Crippen LogP contribution in [0.2, 0.25) is 5.02 Å². The Hall–Kier alpha value is -3.46. The predicted octanol–water partition coefficient (Wildman–Crippen LogP) is 3.83. The number of carbonyl (C=O) groups is 2. The van der Waals surface area contributed by atoms with Gasteiger partial charge in [0.05, 0.1) is 12.8 Å². The Morgan fingerprint density at radius 1 is 1.03 bits per heavy atom. The molecule has 0 spiro atoms. The van der Waals surface area contributed by atoms with E-state index in [-0.39, 0.29) is 18.4 Å². The number of anilines is 1. The first-order valence-corrected chi connectivity index (χ1v) is 11.6. The van der Waals surface area contributed by atoms with Gasteiger partial charge < -0.3 is 20.0 Å². The highest BCUT2D eigenvalue weighted by atomic mass is 35.5. The van der Waals surface area contributed by atoms with Crippen molar-refractivity contribution in [2.75, 3.05) is 45.2 Å². The molecule has 1 aliphatic rings. The number of allylic oxidation sites excluding steroid dienone is 2. The Labute approximate surface area is 210 Å². The van der Waals surface area contributed by atoms with Gasteiger partial charge in [-0.2, -0.15) is 5.48 Å². The lowest BCUT2D eigenvalue weighted by Crippen LogP contribution is -2.52. The summed E-state index contributed by atoms with van der Waals surface area (Å²) in [5.74, 6) is 0.590. The molecule has 1 saturated heterocycles. The molecule has 184 valence electrons. The zero-order chi connectivity index (χ0) is 25.2. The van der Waals surface area contributed by atoms with Gasteiger partial charge in [0.15, 0.2) is 0 Å². The van der Waals surface area contributed by atoms with Crippen molar-refractivity contribution in [1.82, 2.24) is 15.3 Å². The number of nitrogens with one attached hydrogen (secondary N) is 2. The zero-order valence-electron chi connectivity index (χ0n) is 20.0. The van der Waals surface area contributed by atoms with Gasteiger partial charge in [0.25, 0.3) is 5.91 Å². The van der Waals surface area contributed by atoms with E-state index in [1.165, 1.54) is 7.11 Å². The maximum absolute atomic E-state index is 12.9. The molecule has 1 fully saturated rings. The second kappa shape index (κ2) is 12.9. The summed E-state index contributed by atoms with van der Waals surface area (Å²) in [6, 6.07) is 14.7. The molecule has 0 aromatic heterocycles. The van der Waals surface area contributed by atoms with Crippen molar-refractivity contribution >= 4 is 40.6 Å². The molecule has 35 heavy (non-hydrogen) atoms. The largest absolute Gasteiger partial charge is 0.344 e. The third-order valence-electron chi connectivity index (χ3n) is 5.45. The van der Waals surface area contributed by atoms with Crippen molar-refractivity contribution in [2.24, 2.45) is 4.99 Å². The molecule has 2 amide bonds. The number of halogens is 1. The first-order valence-electron chi connectivity index (χ1n) is 11.2. The van der Waals surface area contributed by atoms with E-state index in [1.54, 1.807) is 28.0 Å². The number of benzene rings is 2. The average Bonchev–Trinajstić information content (AvgIpc) is 2.87. The third kappa shape index (κ3) is 7.51. The molecule has 9 heteroatoms. The molecule has 2 aromatic rings. The zero-order valence-corrected chi connectivity index (χ0v) is 20.7. The predicted molar refractivity (Wildman–Crippen MR) is 140 cm³/mol. The van der Waals surface area contributed by atoms with Crippen LogP contribution in [-0.4, -0.2) is 67.3 Å². The standard InChI is InChI=1S/C26H30ClN5O3/c1-4-5-24(20-6-10-22(27)11-7-20)30-19(2)29-23-12-8-21(9-13-23)26(34)32-16-14-31(15-17-32)25(33)18-28-35-3/h4-13,28H,1,14-18H2,2-3H3,(H,29,30)/b24-5-. The second-order valence-corrected chi connectivity index (χ2v) is 8.33. The number of amidine groups is 1. The van der Waals surface area contributed by atoms with E-state index in [9.17, 15) is 9.59 Å². The van der Waals surface area contributed by atoms with Crippen LogP contribution >= 0.6 is 11.6 Å². The molecule has 0 saturated carbocycles. The average molecular weight is 496 g/mol. The molecule has 2 aromatic carbocycles. The highest BCUT2D eigenvalue weighted by Gasteiger charge is 2.24. The number of amides is 2. The molecular formula is C26H30ClN5O3. The van der Waals surface area contributed by atoms with Crippen LogP contribution in [-0.2, 0) is 9.63 Å². The van der Waals surface area contributed by atoms with Crippen molar-refractivity contribution in [3.8, 4) is 0 Å². The summed E-state index contributed by atoms with van der Waals surface area (Å²) < 4.78 is 0. The van der Waals surface area contributed by atoms with Gasteiger partial charge in [-0.3, -0.25) is 9.59 Å². The Bertz CT molecular complexity index is 1090. The second-order valence-electron chi connectivity index (χ2n) is 7.89. The molecule has 0 bridgehead atoms. The normalized spacial score (nSPS) is 14.6. The fourth-order valence-electron chi connectivity index (χ4n) is 3.63. The lowest BCUT2D eigenvalue weighted by molar-refractivity contribution is -0.133. The minimum absolute atomic E-state index is 0.0476. The molecule has 0 atom stereocenters. The van der Waals surface area contributed by atoms with Crippen LogP contribution in [0, 0.1) is 0 Å². The number of hydrogen-bond acceptors (Lipinski definition) is 5. The van der Waals surface area contributed by atoms with Gasteiger partial charge >= 0.3 is 0 Å². The third-order valence-corrected chi connectivity index (χ3v) is 5.70. The van der Waals surface area contributed by atoms with Crippen LogP contribution in [0.4, 0.5) is 5.69 Å². The van der Waals surface area contributed by atoms with Gasteiger partial charge in [0, 0.05) is 48.0 Å². The highest BCUT2D eigenvalue weighted by molar-refractivity contribution is 6.30. The quantitative estimate of drug-likeness (QED) is 0.251. The first-order chi connectivity index (χ1) is 16.9. The first kappa shape index (κ1) is 26.2. The monoisotopic (exact) mass is 495 g/mol. The Kier molecular flexibility index (Phi) is 9.60. The Morgan fingerprint density at radius 2 is 1.63 bits per heavy atom. The van der Waals surface area contributed by atoms with E-state index in [0.717, 1.165) is 16.9 Å². The van der Waals surface area contributed by atoms with Crippen molar-refractivity contribution < 1.29 is 14.4 Å². The minimum atomic E-state index is -0.0528. The van der Waals surface area contributed by atoms with Crippen LogP contribution in [0.5, 0.6) is 0 Å². The van der Waals surface area contributed by atoms with Crippen LogP contribution in [0.1, 0.15) is 22.8 Å². The molecule has 0 unspecified atom stereocenters. The molecule has 0 radical (unpaired) electrons. The van der Waals surface area contributed by atoms with Crippen molar-refractivity contribution in [3.63, 3.8) is 0 Å². The van der Waals surface area contributed by atoms with Crippen molar-refractivity contribution in [2.45, 2.75) is 6.92 Å². The maximum atomic E-state index is 12.9. The van der Waals surface area contributed by atoms with E-state index in [0.29, 0.717) is 42.6 Å². The van der Waals surface area contributed by atoms with E-state index in [4.69, 9.17) is 16.4 Å². The fraction of sp³-hybridized carbons (Fsp3) is 0.269. The summed E-state index contributed by atoms with van der Waals surface area (Å²) in [5.41, 5.74) is 5.64. The number of hydrogen-bond donors (Lipinski definition) is 2. The summed E-state index contributed by atoms with van der Waals surface area (Å²) in [7, 11) is 1.47. The van der Waals surface area contributed by atoms with E-state index < -0.39 is 0 Å². The van der Waals surface area contributed by atoms with Crippen LogP contribution < -0.4 is 10.8 Å². The summed E-state index contributed by atoms with van der Waals surface area (Å²) in [5, 5.41) is 3.92. The van der Waals surface area contributed by atoms with Crippen molar-refractivity contribution in [1.29, 1.82) is 0 Å². The minimum Gasteiger partial charge on any atom is -0.344 e. The molecule has 1 heterocycles. The van der Waals surface area contributed by atoms with Crippen LogP contribution in [0.3, 0.4) is 0 Å². The Morgan fingerprint density at radius 3 is 2.23 bits per heavy atom. The lowest BCUT2D eigenvalue weighted by atomic mass is 10.1. The number of carbonyl (C=O) groups excluding carboxylic acids is 2. The van der Waals surface area contributed by atoms with Gasteiger partial charge in [0.1, 0.15) is 12.4 Å². The molecule has 0 aliphatic carbocycles. The molecule has 8 nitrogen and oxygen atoms in total. The lowest BCUT2D eigenvalue weighted by Gasteiger charge is -2.34. The van der Waals surface area contributed by atoms with Crippen LogP contribution in [0.25, 0.3) is 5.70 Å². The molecule has 1 aliphatic heterocycles. The summed E-state index contributed by atoms with van der Waals surface area (Å²) in [4.78, 5) is 37.9. The molecular weight excluding hydrogens is 466 g/mol. The van der Waals surface area contributed by atoms with Gasteiger partial charge in [-0.05, 0) is 49.4 Å². The SMILES string of the molecule is C=C/C=C(\N=C(C)Nc1ccc(C(=O)N2CCN(C(=O)CNOC)CC2)cc1)c1ccc(Cl)cc1. The number of hydroxylamine groups is 1. The van der Waals surface area contributed by atoms with Gasteiger partial charge in [-0.1, -0.05) is 36.4 Å². The summed E-state index contributed by atoms with van der Waals surface area (Å²) in [6.07, 6.45) is 3.52. The van der Waals surface area contributed by atoms with Gasteiger partial charge in [0.2, 0.25) is 5.91 Å². The van der Waals surface area contributed by atoms with Crippen molar-refractivity contribution in [3.05, 3.63) is 83.4 Å². The molecule has 2 N–H and O–H groups in total. The molecule has 3 rings (SSSR count). The highest BCUT2D eigenvalue weighted by Crippen LogP contribution is 2.20. The smallest absolute Gasteiger partial charge is 0.253 e. The van der Waals surface area contributed by atoms with E-state index in [2.05, 4.69) is 22.4 Å². The summed E-state index contributed by atoms with van der Waals surface area (Å²) in [6.45, 7) is 7.74.